The van der Waals surface area contributed by atoms with Gasteiger partial charge in [0.25, 0.3) is 5.89 Å². The van der Waals surface area contributed by atoms with Crippen molar-refractivity contribution in [2.45, 2.75) is 31.7 Å². The van der Waals surface area contributed by atoms with Crippen LogP contribution >= 0.6 is 11.6 Å². The molecule has 74 valence electrons. The van der Waals surface area contributed by atoms with Gasteiger partial charge >= 0.3 is 0 Å². The van der Waals surface area contributed by atoms with Crippen molar-refractivity contribution in [3.05, 3.63) is 11.7 Å². The number of halogens is 1. The van der Waals surface area contributed by atoms with Gasteiger partial charge < -0.3 is 9.26 Å². The Labute approximate surface area is 82.2 Å². The zero-order valence-corrected chi connectivity index (χ0v) is 8.54. The first-order valence-electron chi connectivity index (χ1n) is 4.23. The van der Waals surface area contributed by atoms with Gasteiger partial charge in [0.15, 0.2) is 5.82 Å². The van der Waals surface area contributed by atoms with E-state index in [2.05, 4.69) is 17.1 Å². The second kappa shape index (κ2) is 5.19. The Morgan fingerprint density at radius 2 is 2.38 bits per heavy atom. The van der Waals surface area contributed by atoms with Gasteiger partial charge in [-0.25, -0.2) is 0 Å². The topological polar surface area (TPSA) is 48.2 Å². The fourth-order valence-electron chi connectivity index (χ4n) is 0.960. The molecule has 0 fully saturated rings. The average molecular weight is 205 g/mol. The quantitative estimate of drug-likeness (QED) is 0.691. The van der Waals surface area contributed by atoms with E-state index in [4.69, 9.17) is 20.9 Å². The number of hydrogen-bond donors (Lipinski definition) is 0. The minimum atomic E-state index is -0.153. The third-order valence-electron chi connectivity index (χ3n) is 1.57. The van der Waals surface area contributed by atoms with Crippen molar-refractivity contribution in [2.24, 2.45) is 0 Å². The third-order valence-corrected chi connectivity index (χ3v) is 1.99. The van der Waals surface area contributed by atoms with Crippen molar-refractivity contribution in [2.75, 3.05) is 7.11 Å². The molecule has 0 amide bonds. The summed E-state index contributed by atoms with van der Waals surface area (Å²) in [6.07, 6.45) is 1.86. The second-order valence-corrected chi connectivity index (χ2v) is 3.26. The first kappa shape index (κ1) is 10.5. The van der Waals surface area contributed by atoms with Crippen LogP contribution in [0, 0.1) is 0 Å². The Morgan fingerprint density at radius 1 is 1.62 bits per heavy atom. The van der Waals surface area contributed by atoms with Gasteiger partial charge in [0, 0.05) is 7.11 Å². The molecule has 0 aliphatic carbocycles. The van der Waals surface area contributed by atoms with Crippen molar-refractivity contribution < 1.29 is 9.26 Å². The van der Waals surface area contributed by atoms with Gasteiger partial charge in [-0.15, -0.1) is 11.6 Å². The molecule has 1 rings (SSSR count). The molecule has 13 heavy (non-hydrogen) atoms. The van der Waals surface area contributed by atoms with Crippen LogP contribution in [0.15, 0.2) is 4.52 Å². The van der Waals surface area contributed by atoms with Crippen LogP contribution in [0.25, 0.3) is 0 Å². The molecule has 0 spiro atoms. The predicted molar refractivity (Wildman–Crippen MR) is 48.5 cm³/mol. The predicted octanol–water partition coefficient (Wildman–Crippen LogP) is 2.30. The highest BCUT2D eigenvalue weighted by Gasteiger charge is 2.14. The summed E-state index contributed by atoms with van der Waals surface area (Å²) >= 11 is 5.99. The summed E-state index contributed by atoms with van der Waals surface area (Å²) in [5.74, 6) is 1.02. The van der Waals surface area contributed by atoms with Crippen LogP contribution in [0.2, 0.25) is 0 Å². The molecular weight excluding hydrogens is 192 g/mol. The maximum Gasteiger partial charge on any atom is 0.252 e. The number of rotatable bonds is 5. The molecule has 5 heteroatoms. The molecule has 0 N–H and O–H groups in total. The van der Waals surface area contributed by atoms with Crippen LogP contribution in [-0.2, 0) is 11.3 Å². The largest absolute Gasteiger partial charge is 0.375 e. The normalized spacial score (nSPS) is 13.2. The highest BCUT2D eigenvalue weighted by Crippen LogP contribution is 2.22. The zero-order valence-electron chi connectivity index (χ0n) is 7.79. The van der Waals surface area contributed by atoms with Gasteiger partial charge in [0.2, 0.25) is 0 Å². The third kappa shape index (κ3) is 2.97. The Kier molecular flexibility index (Phi) is 4.18. The molecule has 0 bridgehead atoms. The molecule has 0 saturated carbocycles. The Bertz CT molecular complexity index is 252. The van der Waals surface area contributed by atoms with Crippen LogP contribution in [-0.4, -0.2) is 17.3 Å². The number of aromatic nitrogens is 2. The first-order valence-corrected chi connectivity index (χ1v) is 4.67. The van der Waals surface area contributed by atoms with E-state index in [1.165, 1.54) is 0 Å². The van der Waals surface area contributed by atoms with Crippen LogP contribution in [0.4, 0.5) is 0 Å². The van der Waals surface area contributed by atoms with Crippen LogP contribution in [0.1, 0.15) is 36.9 Å². The van der Waals surface area contributed by atoms with Crippen molar-refractivity contribution in [1.82, 2.24) is 10.1 Å². The summed E-state index contributed by atoms with van der Waals surface area (Å²) in [4.78, 5) is 4.08. The van der Waals surface area contributed by atoms with Gasteiger partial charge in [-0.05, 0) is 6.42 Å². The molecule has 1 unspecified atom stereocenters. The molecule has 1 atom stereocenters. The Morgan fingerprint density at radius 3 is 3.00 bits per heavy atom. The van der Waals surface area contributed by atoms with Crippen molar-refractivity contribution in [1.29, 1.82) is 0 Å². The fourth-order valence-corrected chi connectivity index (χ4v) is 1.27. The number of methoxy groups -OCH3 is 1. The average Bonchev–Trinajstić information content (AvgIpc) is 2.54. The summed E-state index contributed by atoms with van der Waals surface area (Å²) < 4.78 is 9.74. The van der Waals surface area contributed by atoms with E-state index in [0.717, 1.165) is 12.8 Å². The van der Waals surface area contributed by atoms with Crippen LogP contribution in [0.3, 0.4) is 0 Å². The molecular formula is C8H13ClN2O2. The van der Waals surface area contributed by atoms with Gasteiger partial charge in [0.1, 0.15) is 6.61 Å². The summed E-state index contributed by atoms with van der Waals surface area (Å²) in [6, 6.07) is 0. The Balaban J connectivity index is 2.56. The van der Waals surface area contributed by atoms with Crippen molar-refractivity contribution in [3.8, 4) is 0 Å². The number of ether oxygens (including phenoxy) is 1. The first-order chi connectivity index (χ1) is 6.27. The van der Waals surface area contributed by atoms with Gasteiger partial charge in [-0.2, -0.15) is 4.98 Å². The molecule has 0 aromatic carbocycles. The van der Waals surface area contributed by atoms with Gasteiger partial charge in [-0.3, -0.25) is 0 Å². The smallest absolute Gasteiger partial charge is 0.252 e. The molecule has 1 aromatic heterocycles. The Hall–Kier alpha value is -0.610. The van der Waals surface area contributed by atoms with Crippen molar-refractivity contribution in [3.63, 3.8) is 0 Å². The van der Waals surface area contributed by atoms with Gasteiger partial charge in [-0.1, -0.05) is 18.5 Å². The van der Waals surface area contributed by atoms with E-state index < -0.39 is 0 Å². The minimum Gasteiger partial charge on any atom is -0.375 e. The van der Waals surface area contributed by atoms with Gasteiger partial charge in [0.05, 0.1) is 5.38 Å². The summed E-state index contributed by atoms with van der Waals surface area (Å²) in [5, 5.41) is 3.60. The molecule has 1 heterocycles. The van der Waals surface area contributed by atoms with E-state index in [1.54, 1.807) is 7.11 Å². The maximum absolute atomic E-state index is 5.99. The molecule has 0 radical (unpaired) electrons. The molecule has 0 aliphatic rings. The van der Waals surface area contributed by atoms with E-state index in [1.807, 2.05) is 0 Å². The van der Waals surface area contributed by atoms with Crippen LogP contribution < -0.4 is 0 Å². The van der Waals surface area contributed by atoms with E-state index >= 15 is 0 Å². The summed E-state index contributed by atoms with van der Waals surface area (Å²) in [6.45, 7) is 2.40. The number of hydrogen-bond acceptors (Lipinski definition) is 4. The lowest BCUT2D eigenvalue weighted by molar-refractivity contribution is 0.151. The lowest BCUT2D eigenvalue weighted by atomic mass is 10.2. The lowest BCUT2D eigenvalue weighted by Crippen LogP contribution is -1.93. The van der Waals surface area contributed by atoms with Crippen LogP contribution in [0.5, 0.6) is 0 Å². The molecule has 4 nitrogen and oxygen atoms in total. The standard InChI is InChI=1S/C8H13ClN2O2/c1-3-4-6(9)8-10-7(5-12-2)13-11-8/h6H,3-5H2,1-2H3. The maximum atomic E-state index is 5.99. The molecule has 0 saturated heterocycles. The van der Waals surface area contributed by atoms with Crippen molar-refractivity contribution >= 4 is 11.6 Å². The summed E-state index contributed by atoms with van der Waals surface area (Å²) in [7, 11) is 1.58. The zero-order chi connectivity index (χ0) is 9.68. The fraction of sp³-hybridized carbons (Fsp3) is 0.750. The molecule has 1 aromatic rings. The molecule has 0 aliphatic heterocycles. The minimum absolute atomic E-state index is 0.153. The number of nitrogens with zero attached hydrogens (tertiary/aromatic N) is 2. The SMILES string of the molecule is CCCC(Cl)c1noc(COC)n1. The van der Waals surface area contributed by atoms with E-state index in [9.17, 15) is 0 Å². The van der Waals surface area contributed by atoms with E-state index in [0.29, 0.717) is 18.3 Å². The highest BCUT2D eigenvalue weighted by molar-refractivity contribution is 6.20. The monoisotopic (exact) mass is 204 g/mol. The lowest BCUT2D eigenvalue weighted by Gasteiger charge is -1.99. The number of alkyl halides is 1. The highest BCUT2D eigenvalue weighted by atomic mass is 35.5. The van der Waals surface area contributed by atoms with E-state index in [-0.39, 0.29) is 5.38 Å². The second-order valence-electron chi connectivity index (χ2n) is 2.74. The summed E-state index contributed by atoms with van der Waals surface area (Å²) in [5.41, 5.74) is 0.